The van der Waals surface area contributed by atoms with E-state index in [-0.39, 0.29) is 11.4 Å². The van der Waals surface area contributed by atoms with Gasteiger partial charge in [-0.15, -0.1) is 0 Å². The number of carbonyl (C=O) groups excluding carboxylic acids is 1. The van der Waals surface area contributed by atoms with Gasteiger partial charge in [0.1, 0.15) is 0 Å². The van der Waals surface area contributed by atoms with Crippen molar-refractivity contribution >= 4 is 5.91 Å². The fourth-order valence-electron chi connectivity index (χ4n) is 1.86. The summed E-state index contributed by atoms with van der Waals surface area (Å²) in [4.78, 5) is 11.7. The van der Waals surface area contributed by atoms with Crippen molar-refractivity contribution < 1.29 is 4.79 Å². The minimum Gasteiger partial charge on any atom is -0.352 e. The van der Waals surface area contributed by atoms with Crippen LogP contribution in [-0.4, -0.2) is 18.0 Å². The van der Waals surface area contributed by atoms with Gasteiger partial charge in [-0.3, -0.25) is 4.79 Å². The molecule has 20 heavy (non-hydrogen) atoms. The van der Waals surface area contributed by atoms with Crippen LogP contribution in [0, 0.1) is 0 Å². The third-order valence-corrected chi connectivity index (χ3v) is 3.14. The van der Waals surface area contributed by atoms with Gasteiger partial charge in [0, 0.05) is 25.0 Å². The summed E-state index contributed by atoms with van der Waals surface area (Å²) in [5.41, 5.74) is 2.54. The second kappa shape index (κ2) is 7.44. The maximum absolute atomic E-state index is 11.7. The molecular formula is C17H28N2O. The number of amides is 1. The smallest absolute Gasteiger partial charge is 0.221 e. The molecule has 0 spiro atoms. The van der Waals surface area contributed by atoms with E-state index < -0.39 is 0 Å². The molecule has 1 aromatic carbocycles. The van der Waals surface area contributed by atoms with Crippen molar-refractivity contribution in [3.8, 4) is 0 Å². The van der Waals surface area contributed by atoms with Gasteiger partial charge in [0.2, 0.25) is 5.91 Å². The summed E-state index contributed by atoms with van der Waals surface area (Å²) in [7, 11) is 0. The molecule has 1 aromatic rings. The summed E-state index contributed by atoms with van der Waals surface area (Å²) in [5.74, 6) is 0.636. The van der Waals surface area contributed by atoms with Crippen molar-refractivity contribution in [2.75, 3.05) is 6.54 Å². The fraction of sp³-hybridized carbons (Fsp3) is 0.588. The normalized spacial score (nSPS) is 11.7. The Balaban J connectivity index is 2.30. The average molecular weight is 276 g/mol. The van der Waals surface area contributed by atoms with Crippen LogP contribution < -0.4 is 10.6 Å². The molecule has 2 N–H and O–H groups in total. The van der Waals surface area contributed by atoms with Crippen LogP contribution in [0.25, 0.3) is 0 Å². The second-order valence-corrected chi connectivity index (χ2v) is 6.60. The van der Waals surface area contributed by atoms with Gasteiger partial charge in [-0.1, -0.05) is 38.1 Å². The van der Waals surface area contributed by atoms with Crippen LogP contribution in [0.5, 0.6) is 0 Å². The summed E-state index contributed by atoms with van der Waals surface area (Å²) in [6, 6.07) is 8.44. The summed E-state index contributed by atoms with van der Waals surface area (Å²) in [6.07, 6.45) is 0.515. The molecule has 3 nitrogen and oxygen atoms in total. The van der Waals surface area contributed by atoms with Gasteiger partial charge >= 0.3 is 0 Å². The van der Waals surface area contributed by atoms with Gasteiger partial charge in [-0.25, -0.2) is 0 Å². The van der Waals surface area contributed by atoms with Crippen molar-refractivity contribution in [1.29, 1.82) is 0 Å². The molecular weight excluding hydrogens is 248 g/mol. The molecule has 0 fully saturated rings. The Kier molecular flexibility index (Phi) is 6.21. The summed E-state index contributed by atoms with van der Waals surface area (Å²) in [6.45, 7) is 12.0. The van der Waals surface area contributed by atoms with E-state index in [9.17, 15) is 4.79 Å². The number of benzene rings is 1. The Bertz CT molecular complexity index is 416. The summed E-state index contributed by atoms with van der Waals surface area (Å²) < 4.78 is 0. The highest BCUT2D eigenvalue weighted by molar-refractivity contribution is 5.76. The highest BCUT2D eigenvalue weighted by Crippen LogP contribution is 2.14. The Morgan fingerprint density at radius 2 is 1.75 bits per heavy atom. The van der Waals surface area contributed by atoms with E-state index in [1.807, 2.05) is 0 Å². The van der Waals surface area contributed by atoms with Gasteiger partial charge in [0.05, 0.1) is 0 Å². The van der Waals surface area contributed by atoms with Gasteiger partial charge in [-0.05, 0) is 37.8 Å². The molecule has 0 aliphatic heterocycles. The van der Waals surface area contributed by atoms with Crippen LogP contribution >= 0.6 is 0 Å². The summed E-state index contributed by atoms with van der Waals surface area (Å²) in [5, 5.41) is 6.26. The molecule has 112 valence electrons. The Morgan fingerprint density at radius 3 is 2.25 bits per heavy atom. The van der Waals surface area contributed by atoms with Crippen LogP contribution in [0.2, 0.25) is 0 Å². The van der Waals surface area contributed by atoms with E-state index in [0.717, 1.165) is 5.56 Å². The van der Waals surface area contributed by atoms with Gasteiger partial charge in [-0.2, -0.15) is 0 Å². The van der Waals surface area contributed by atoms with Crippen LogP contribution in [0.15, 0.2) is 24.3 Å². The minimum atomic E-state index is 0.0625. The van der Waals surface area contributed by atoms with Gasteiger partial charge in [0.25, 0.3) is 0 Å². The first-order chi connectivity index (χ1) is 9.28. The topological polar surface area (TPSA) is 41.1 Å². The molecule has 0 atom stereocenters. The number of carbonyl (C=O) groups is 1. The fourth-order valence-corrected chi connectivity index (χ4v) is 1.86. The van der Waals surface area contributed by atoms with Gasteiger partial charge in [0.15, 0.2) is 0 Å². The SMILES string of the molecule is CC(C)c1ccc(CNC(=O)CCNC(C)(C)C)cc1. The third-order valence-electron chi connectivity index (χ3n) is 3.14. The Labute approximate surface area is 123 Å². The van der Waals surface area contributed by atoms with E-state index in [4.69, 9.17) is 0 Å². The lowest BCUT2D eigenvalue weighted by Crippen LogP contribution is -2.38. The van der Waals surface area contributed by atoms with Crippen molar-refractivity contribution in [3.63, 3.8) is 0 Å². The maximum Gasteiger partial charge on any atom is 0.221 e. The lowest BCUT2D eigenvalue weighted by molar-refractivity contribution is -0.121. The quantitative estimate of drug-likeness (QED) is 0.837. The largest absolute Gasteiger partial charge is 0.352 e. The molecule has 0 radical (unpaired) electrons. The molecule has 0 bridgehead atoms. The van der Waals surface area contributed by atoms with Crippen molar-refractivity contribution in [2.45, 2.75) is 59.0 Å². The van der Waals surface area contributed by atoms with Crippen molar-refractivity contribution in [2.24, 2.45) is 0 Å². The van der Waals surface area contributed by atoms with Crippen molar-refractivity contribution in [1.82, 2.24) is 10.6 Å². The lowest BCUT2D eigenvalue weighted by Gasteiger charge is -2.20. The number of rotatable bonds is 6. The lowest BCUT2D eigenvalue weighted by atomic mass is 10.0. The monoisotopic (exact) mass is 276 g/mol. The predicted molar refractivity (Wildman–Crippen MR) is 84.8 cm³/mol. The first kappa shape index (κ1) is 16.7. The van der Waals surface area contributed by atoms with Crippen LogP contribution in [0.1, 0.15) is 58.1 Å². The number of hydrogen-bond acceptors (Lipinski definition) is 2. The molecule has 3 heteroatoms. The molecule has 0 aliphatic carbocycles. The third kappa shape index (κ3) is 6.71. The maximum atomic E-state index is 11.7. The molecule has 1 rings (SSSR count). The first-order valence-electron chi connectivity index (χ1n) is 7.38. The Hall–Kier alpha value is -1.35. The van der Waals surface area contributed by atoms with Gasteiger partial charge < -0.3 is 10.6 Å². The average Bonchev–Trinajstić information content (AvgIpc) is 2.35. The van der Waals surface area contributed by atoms with E-state index in [1.54, 1.807) is 0 Å². The zero-order valence-corrected chi connectivity index (χ0v) is 13.4. The van der Waals surface area contributed by atoms with E-state index in [0.29, 0.717) is 25.4 Å². The zero-order chi connectivity index (χ0) is 15.2. The standard InChI is InChI=1S/C17H28N2O/c1-13(2)15-8-6-14(7-9-15)12-18-16(20)10-11-19-17(3,4)5/h6-9,13,19H,10-12H2,1-5H3,(H,18,20). The predicted octanol–water partition coefficient (Wildman–Crippen LogP) is 3.20. The second-order valence-electron chi connectivity index (χ2n) is 6.60. The van der Waals surface area contributed by atoms with E-state index >= 15 is 0 Å². The number of nitrogens with one attached hydrogen (secondary N) is 2. The molecule has 0 unspecified atom stereocenters. The molecule has 0 saturated carbocycles. The van der Waals surface area contributed by atoms with Crippen LogP contribution in [0.4, 0.5) is 0 Å². The summed E-state index contributed by atoms with van der Waals surface area (Å²) >= 11 is 0. The minimum absolute atomic E-state index is 0.0625. The molecule has 0 saturated heterocycles. The molecule has 0 heterocycles. The van der Waals surface area contributed by atoms with Crippen molar-refractivity contribution in [3.05, 3.63) is 35.4 Å². The zero-order valence-electron chi connectivity index (χ0n) is 13.4. The van der Waals surface area contributed by atoms with E-state index in [1.165, 1.54) is 5.56 Å². The van der Waals surface area contributed by atoms with Crippen LogP contribution in [-0.2, 0) is 11.3 Å². The first-order valence-corrected chi connectivity index (χ1v) is 7.38. The number of hydrogen-bond donors (Lipinski definition) is 2. The highest BCUT2D eigenvalue weighted by atomic mass is 16.1. The molecule has 0 aliphatic rings. The highest BCUT2D eigenvalue weighted by Gasteiger charge is 2.09. The Morgan fingerprint density at radius 1 is 1.15 bits per heavy atom. The van der Waals surface area contributed by atoms with E-state index in [2.05, 4.69) is 69.5 Å². The molecule has 1 amide bonds. The van der Waals surface area contributed by atoms with Crippen LogP contribution in [0.3, 0.4) is 0 Å². The molecule has 0 aromatic heterocycles.